The van der Waals surface area contributed by atoms with Gasteiger partial charge in [-0.3, -0.25) is 9.59 Å². The first-order valence-corrected chi connectivity index (χ1v) is 9.66. The molecule has 0 unspecified atom stereocenters. The molecule has 0 aromatic heterocycles. The molecular formula is C21H18BrNO5. The molecule has 0 spiro atoms. The Morgan fingerprint density at radius 2 is 2.04 bits per heavy atom. The molecule has 0 radical (unpaired) electrons. The monoisotopic (exact) mass is 443 g/mol. The second-order valence-corrected chi connectivity index (χ2v) is 7.58. The number of hydrogen-bond acceptors (Lipinski definition) is 5. The second-order valence-electron chi connectivity index (χ2n) is 6.66. The number of hydrogen-bond donors (Lipinski definition) is 1. The van der Waals surface area contributed by atoms with Crippen molar-refractivity contribution < 1.29 is 24.2 Å². The maximum absolute atomic E-state index is 12.8. The van der Waals surface area contributed by atoms with Crippen LogP contribution in [0.25, 0.3) is 6.08 Å². The van der Waals surface area contributed by atoms with E-state index in [9.17, 15) is 14.7 Å². The second kappa shape index (κ2) is 7.07. The predicted octanol–water partition coefficient (Wildman–Crippen LogP) is 3.40. The van der Waals surface area contributed by atoms with Gasteiger partial charge in [0.05, 0.1) is 12.1 Å². The van der Waals surface area contributed by atoms with Crippen molar-refractivity contribution in [2.45, 2.75) is 18.9 Å². The Kier molecular flexibility index (Phi) is 4.72. The first kappa shape index (κ1) is 18.7. The SMILES string of the molecule is CCN1C(=O)[C@@](O)(CC(=O)/C=C/c2ccc3c(c2)OCO3)c2cc(Br)ccc21. The molecule has 1 amide bonds. The molecule has 2 aromatic carbocycles. The number of benzene rings is 2. The van der Waals surface area contributed by atoms with Crippen molar-refractivity contribution in [3.05, 3.63) is 58.1 Å². The third-order valence-corrected chi connectivity index (χ3v) is 5.39. The van der Waals surface area contributed by atoms with Gasteiger partial charge >= 0.3 is 0 Å². The molecular weight excluding hydrogens is 426 g/mol. The molecule has 1 atom stereocenters. The van der Waals surface area contributed by atoms with Crippen LogP contribution in [0.2, 0.25) is 0 Å². The number of ketones is 1. The lowest BCUT2D eigenvalue weighted by Crippen LogP contribution is -2.41. The minimum atomic E-state index is -1.87. The largest absolute Gasteiger partial charge is 0.454 e. The molecule has 0 saturated heterocycles. The number of allylic oxidation sites excluding steroid dienone is 1. The molecule has 7 heteroatoms. The topological polar surface area (TPSA) is 76.1 Å². The van der Waals surface area contributed by atoms with Crippen molar-refractivity contribution in [3.63, 3.8) is 0 Å². The summed E-state index contributed by atoms with van der Waals surface area (Å²) in [6.07, 6.45) is 2.67. The van der Waals surface area contributed by atoms with Gasteiger partial charge in [-0.15, -0.1) is 0 Å². The van der Waals surface area contributed by atoms with E-state index in [2.05, 4.69) is 15.9 Å². The molecule has 2 aromatic rings. The number of nitrogens with zero attached hydrogens (tertiary/aromatic N) is 1. The van der Waals surface area contributed by atoms with E-state index in [0.717, 1.165) is 10.0 Å². The van der Waals surface area contributed by atoms with Crippen molar-refractivity contribution in [1.82, 2.24) is 0 Å². The maximum Gasteiger partial charge on any atom is 0.264 e. The molecule has 6 nitrogen and oxygen atoms in total. The summed E-state index contributed by atoms with van der Waals surface area (Å²) in [7, 11) is 0. The first-order chi connectivity index (χ1) is 13.4. The van der Waals surface area contributed by atoms with E-state index in [1.54, 1.807) is 36.4 Å². The summed E-state index contributed by atoms with van der Waals surface area (Å²) in [5.41, 5.74) is -0.0317. The highest BCUT2D eigenvalue weighted by atomic mass is 79.9. The van der Waals surface area contributed by atoms with Crippen molar-refractivity contribution in [3.8, 4) is 11.5 Å². The third kappa shape index (κ3) is 3.10. The maximum atomic E-state index is 12.8. The number of rotatable bonds is 5. The summed E-state index contributed by atoms with van der Waals surface area (Å²) in [5.74, 6) is 0.457. The fourth-order valence-corrected chi connectivity index (χ4v) is 3.89. The lowest BCUT2D eigenvalue weighted by Gasteiger charge is -2.21. The van der Waals surface area contributed by atoms with Crippen LogP contribution in [0.4, 0.5) is 5.69 Å². The Morgan fingerprint density at radius 3 is 2.82 bits per heavy atom. The fraction of sp³-hybridized carbons (Fsp3) is 0.238. The summed E-state index contributed by atoms with van der Waals surface area (Å²) in [6, 6.07) is 10.6. The fourth-order valence-electron chi connectivity index (χ4n) is 3.52. The van der Waals surface area contributed by atoms with Gasteiger partial charge in [-0.05, 0) is 48.9 Å². The lowest BCUT2D eigenvalue weighted by atomic mass is 9.89. The van der Waals surface area contributed by atoms with Gasteiger partial charge in [-0.25, -0.2) is 0 Å². The van der Waals surface area contributed by atoms with E-state index >= 15 is 0 Å². The van der Waals surface area contributed by atoms with E-state index in [4.69, 9.17) is 9.47 Å². The summed E-state index contributed by atoms with van der Waals surface area (Å²) >= 11 is 3.37. The van der Waals surface area contributed by atoms with E-state index in [1.165, 1.54) is 11.0 Å². The summed E-state index contributed by atoms with van der Waals surface area (Å²) in [5, 5.41) is 11.1. The molecule has 2 aliphatic heterocycles. The summed E-state index contributed by atoms with van der Waals surface area (Å²) in [4.78, 5) is 26.9. The zero-order valence-corrected chi connectivity index (χ0v) is 16.7. The van der Waals surface area contributed by atoms with Gasteiger partial charge in [-0.1, -0.05) is 28.1 Å². The van der Waals surface area contributed by atoms with E-state index in [1.807, 2.05) is 13.0 Å². The lowest BCUT2D eigenvalue weighted by molar-refractivity contribution is -0.140. The van der Waals surface area contributed by atoms with E-state index in [0.29, 0.717) is 29.3 Å². The smallest absolute Gasteiger partial charge is 0.264 e. The number of halogens is 1. The molecule has 0 saturated carbocycles. The van der Waals surface area contributed by atoms with Crippen LogP contribution in [0.5, 0.6) is 11.5 Å². The number of amides is 1. The van der Waals surface area contributed by atoms with Crippen LogP contribution in [0.15, 0.2) is 46.9 Å². The van der Waals surface area contributed by atoms with Crippen LogP contribution in [-0.2, 0) is 15.2 Å². The Labute approximate surface area is 170 Å². The van der Waals surface area contributed by atoms with Crippen LogP contribution in [0.1, 0.15) is 24.5 Å². The molecule has 144 valence electrons. The van der Waals surface area contributed by atoms with Crippen molar-refractivity contribution in [1.29, 1.82) is 0 Å². The number of carbonyl (C=O) groups is 2. The predicted molar refractivity (Wildman–Crippen MR) is 107 cm³/mol. The number of aliphatic hydroxyl groups is 1. The van der Waals surface area contributed by atoms with Gasteiger partial charge in [0.15, 0.2) is 22.9 Å². The van der Waals surface area contributed by atoms with Crippen LogP contribution >= 0.6 is 15.9 Å². The quantitative estimate of drug-likeness (QED) is 0.716. The van der Waals surface area contributed by atoms with Gasteiger partial charge in [0.2, 0.25) is 6.79 Å². The molecule has 4 rings (SSSR count). The third-order valence-electron chi connectivity index (χ3n) is 4.90. The Bertz CT molecular complexity index is 1000. The van der Waals surface area contributed by atoms with E-state index in [-0.39, 0.29) is 19.0 Å². The molecule has 0 fully saturated rings. The molecule has 0 aliphatic carbocycles. The average Bonchev–Trinajstić information content (AvgIpc) is 3.22. The zero-order chi connectivity index (χ0) is 19.9. The van der Waals surface area contributed by atoms with Crippen LogP contribution in [0, 0.1) is 0 Å². The van der Waals surface area contributed by atoms with Gasteiger partial charge in [0, 0.05) is 16.6 Å². The summed E-state index contributed by atoms with van der Waals surface area (Å²) < 4.78 is 11.3. The summed E-state index contributed by atoms with van der Waals surface area (Å²) in [6.45, 7) is 2.42. The number of anilines is 1. The highest BCUT2D eigenvalue weighted by Crippen LogP contribution is 2.43. The van der Waals surface area contributed by atoms with Crippen LogP contribution in [-0.4, -0.2) is 30.1 Å². The first-order valence-electron chi connectivity index (χ1n) is 8.87. The highest BCUT2D eigenvalue weighted by Gasteiger charge is 2.50. The minimum Gasteiger partial charge on any atom is -0.454 e. The van der Waals surface area contributed by atoms with Gasteiger partial charge in [-0.2, -0.15) is 0 Å². The number of carbonyl (C=O) groups excluding carboxylic acids is 2. The van der Waals surface area contributed by atoms with Crippen molar-refractivity contribution in [2.24, 2.45) is 0 Å². The molecule has 2 aliphatic rings. The number of fused-ring (bicyclic) bond motifs is 2. The average molecular weight is 444 g/mol. The Morgan fingerprint density at radius 1 is 1.25 bits per heavy atom. The Balaban J connectivity index is 1.57. The number of likely N-dealkylation sites (N-methyl/N-ethyl adjacent to an activating group) is 1. The normalized spacial score (nSPS) is 20.1. The van der Waals surface area contributed by atoms with Gasteiger partial charge < -0.3 is 19.5 Å². The zero-order valence-electron chi connectivity index (χ0n) is 15.1. The molecule has 28 heavy (non-hydrogen) atoms. The number of ether oxygens (including phenoxy) is 2. The van der Waals surface area contributed by atoms with Gasteiger partial charge in [0.25, 0.3) is 5.91 Å². The Hall–Kier alpha value is -2.64. The van der Waals surface area contributed by atoms with Crippen molar-refractivity contribution in [2.75, 3.05) is 18.2 Å². The molecule has 2 heterocycles. The van der Waals surface area contributed by atoms with Crippen LogP contribution in [0.3, 0.4) is 0 Å². The molecule has 0 bridgehead atoms. The van der Waals surface area contributed by atoms with Crippen LogP contribution < -0.4 is 14.4 Å². The van der Waals surface area contributed by atoms with Gasteiger partial charge in [0.1, 0.15) is 0 Å². The minimum absolute atomic E-state index is 0.180. The van der Waals surface area contributed by atoms with E-state index < -0.39 is 11.5 Å². The molecule has 1 N–H and O–H groups in total. The standard InChI is InChI=1S/C21H18BrNO5/c1-2-23-17-7-5-14(22)10-16(17)21(26,20(23)25)11-15(24)6-3-13-4-8-18-19(9-13)28-12-27-18/h3-10,26H,2,11-12H2,1H3/b6-3+/t21-/m1/s1. The van der Waals surface area contributed by atoms with Crippen molar-refractivity contribution >= 4 is 39.4 Å². The highest BCUT2D eigenvalue weighted by molar-refractivity contribution is 9.10.